The predicted octanol–water partition coefficient (Wildman–Crippen LogP) is 3.04. The molecule has 2 heterocycles. The Morgan fingerprint density at radius 2 is 1.68 bits per heavy atom. The molecule has 19 heavy (non-hydrogen) atoms. The first-order chi connectivity index (χ1) is 9.28. The summed E-state index contributed by atoms with van der Waals surface area (Å²) in [7, 11) is 0. The van der Waals surface area contributed by atoms with E-state index < -0.39 is 0 Å². The van der Waals surface area contributed by atoms with Crippen LogP contribution in [0.25, 0.3) is 0 Å². The van der Waals surface area contributed by atoms with Crippen molar-refractivity contribution < 1.29 is 13.9 Å². The normalized spacial score (nSPS) is 13.0. The molecule has 0 saturated heterocycles. The van der Waals surface area contributed by atoms with Gasteiger partial charge < -0.3 is 13.9 Å². The maximum atomic E-state index is 9.97. The molecular weight excluding hydrogens is 242 g/mol. The van der Waals surface area contributed by atoms with Gasteiger partial charge in [-0.25, -0.2) is 0 Å². The van der Waals surface area contributed by atoms with Crippen molar-refractivity contribution in [1.29, 1.82) is 0 Å². The van der Waals surface area contributed by atoms with E-state index in [2.05, 4.69) is 11.8 Å². The highest BCUT2D eigenvalue weighted by atomic mass is 16.3. The van der Waals surface area contributed by atoms with E-state index in [1.165, 1.54) is 0 Å². The molecular formula is C15H21NO3. The van der Waals surface area contributed by atoms with Gasteiger partial charge in [0.25, 0.3) is 0 Å². The summed E-state index contributed by atoms with van der Waals surface area (Å²) >= 11 is 0. The fraction of sp³-hybridized carbons (Fsp3) is 0.467. The van der Waals surface area contributed by atoms with Gasteiger partial charge >= 0.3 is 0 Å². The smallest absolute Gasteiger partial charge is 0.117 e. The number of furan rings is 2. The summed E-state index contributed by atoms with van der Waals surface area (Å²) in [6, 6.07) is 7.65. The summed E-state index contributed by atoms with van der Waals surface area (Å²) in [6.07, 6.45) is 4.82. The summed E-state index contributed by atoms with van der Waals surface area (Å²) < 4.78 is 10.7. The zero-order valence-corrected chi connectivity index (χ0v) is 11.3. The number of aliphatic hydroxyl groups excluding tert-OH is 1. The van der Waals surface area contributed by atoms with Crippen LogP contribution in [0, 0.1) is 0 Å². The minimum Gasteiger partial charge on any atom is -0.468 e. The van der Waals surface area contributed by atoms with Crippen LogP contribution in [0.4, 0.5) is 0 Å². The third-order valence-corrected chi connectivity index (χ3v) is 3.01. The molecule has 0 saturated carbocycles. The Bertz CT molecular complexity index is 400. The van der Waals surface area contributed by atoms with Crippen molar-refractivity contribution in [2.45, 2.75) is 39.0 Å². The van der Waals surface area contributed by atoms with Crippen LogP contribution in [0.3, 0.4) is 0 Å². The molecule has 0 fully saturated rings. The monoisotopic (exact) mass is 263 g/mol. The van der Waals surface area contributed by atoms with Crippen LogP contribution in [-0.4, -0.2) is 22.7 Å². The predicted molar refractivity (Wildman–Crippen MR) is 72.4 cm³/mol. The molecule has 0 radical (unpaired) electrons. The molecule has 4 nitrogen and oxygen atoms in total. The van der Waals surface area contributed by atoms with E-state index in [9.17, 15) is 5.11 Å². The Morgan fingerprint density at radius 3 is 2.11 bits per heavy atom. The summed E-state index contributed by atoms with van der Waals surface area (Å²) in [5, 5.41) is 9.97. The van der Waals surface area contributed by atoms with Crippen molar-refractivity contribution in [1.82, 2.24) is 4.90 Å². The Balaban J connectivity index is 1.95. The second kappa shape index (κ2) is 7.16. The van der Waals surface area contributed by atoms with Gasteiger partial charge in [-0.1, -0.05) is 13.3 Å². The summed E-state index contributed by atoms with van der Waals surface area (Å²) in [4.78, 5) is 2.14. The molecule has 0 bridgehead atoms. The van der Waals surface area contributed by atoms with Crippen LogP contribution >= 0.6 is 0 Å². The van der Waals surface area contributed by atoms with Crippen LogP contribution in [0.2, 0.25) is 0 Å². The Hall–Kier alpha value is -1.52. The average molecular weight is 263 g/mol. The molecule has 0 amide bonds. The molecule has 2 aromatic heterocycles. The number of rotatable bonds is 8. The van der Waals surface area contributed by atoms with Crippen molar-refractivity contribution in [2.75, 3.05) is 6.54 Å². The van der Waals surface area contributed by atoms with Crippen molar-refractivity contribution in [3.05, 3.63) is 48.3 Å². The molecule has 0 aliphatic heterocycles. The molecule has 0 aliphatic rings. The molecule has 0 aliphatic carbocycles. The summed E-state index contributed by atoms with van der Waals surface area (Å²) in [5.74, 6) is 1.80. The fourth-order valence-electron chi connectivity index (χ4n) is 2.15. The number of nitrogens with zero attached hydrogens (tertiary/aromatic N) is 1. The lowest BCUT2D eigenvalue weighted by molar-refractivity contribution is 0.0893. The Labute approximate surface area is 113 Å². The zero-order chi connectivity index (χ0) is 13.5. The lowest BCUT2D eigenvalue weighted by Gasteiger charge is -2.23. The topological polar surface area (TPSA) is 49.8 Å². The first kappa shape index (κ1) is 13.9. The summed E-state index contributed by atoms with van der Waals surface area (Å²) in [5.41, 5.74) is 0. The van der Waals surface area contributed by atoms with Crippen molar-refractivity contribution in [3.8, 4) is 0 Å². The van der Waals surface area contributed by atoms with E-state index in [4.69, 9.17) is 8.83 Å². The number of hydrogen-bond donors (Lipinski definition) is 1. The molecule has 1 N–H and O–H groups in total. The molecule has 104 valence electrons. The highest BCUT2D eigenvalue weighted by Gasteiger charge is 2.14. The lowest BCUT2D eigenvalue weighted by atomic mass is 10.2. The van der Waals surface area contributed by atoms with E-state index in [0.717, 1.165) is 24.4 Å². The minimum atomic E-state index is -0.310. The molecule has 0 aromatic carbocycles. The van der Waals surface area contributed by atoms with Crippen LogP contribution in [0.5, 0.6) is 0 Å². The van der Waals surface area contributed by atoms with Crippen LogP contribution < -0.4 is 0 Å². The molecule has 0 spiro atoms. The number of hydrogen-bond acceptors (Lipinski definition) is 4. The largest absolute Gasteiger partial charge is 0.468 e. The van der Waals surface area contributed by atoms with Gasteiger partial charge in [0.1, 0.15) is 11.5 Å². The standard InChI is InChI=1S/C15H21NO3/c1-2-5-13(17)10-16(11-14-6-3-8-18-14)12-15-7-4-9-19-15/h3-4,6-9,13,17H,2,5,10-12H2,1H3. The van der Waals surface area contributed by atoms with E-state index in [0.29, 0.717) is 19.6 Å². The quantitative estimate of drug-likeness (QED) is 0.795. The maximum absolute atomic E-state index is 9.97. The SMILES string of the molecule is CCCC(O)CN(Cc1ccco1)Cc1ccco1. The second-order valence-electron chi connectivity index (χ2n) is 4.77. The van der Waals surface area contributed by atoms with Gasteiger partial charge in [0.05, 0.1) is 31.7 Å². The van der Waals surface area contributed by atoms with Crippen LogP contribution in [0.1, 0.15) is 31.3 Å². The molecule has 1 atom stereocenters. The molecule has 4 heteroatoms. The first-order valence-electron chi connectivity index (χ1n) is 6.73. The van der Waals surface area contributed by atoms with Crippen molar-refractivity contribution in [3.63, 3.8) is 0 Å². The van der Waals surface area contributed by atoms with Gasteiger partial charge in [0.15, 0.2) is 0 Å². The molecule has 2 rings (SSSR count). The summed E-state index contributed by atoms with van der Waals surface area (Å²) in [6.45, 7) is 4.05. The van der Waals surface area contributed by atoms with E-state index in [-0.39, 0.29) is 6.10 Å². The van der Waals surface area contributed by atoms with Crippen molar-refractivity contribution >= 4 is 0 Å². The first-order valence-corrected chi connectivity index (χ1v) is 6.73. The van der Waals surface area contributed by atoms with Crippen molar-refractivity contribution in [2.24, 2.45) is 0 Å². The number of aliphatic hydroxyl groups is 1. The van der Waals surface area contributed by atoms with Gasteiger partial charge in [-0.05, 0) is 30.7 Å². The third kappa shape index (κ3) is 4.58. The van der Waals surface area contributed by atoms with Crippen LogP contribution in [-0.2, 0) is 13.1 Å². The lowest BCUT2D eigenvalue weighted by Crippen LogP contribution is -2.31. The van der Waals surface area contributed by atoms with Gasteiger partial charge in [0.2, 0.25) is 0 Å². The minimum absolute atomic E-state index is 0.310. The van der Waals surface area contributed by atoms with Gasteiger partial charge in [-0.2, -0.15) is 0 Å². The van der Waals surface area contributed by atoms with Gasteiger partial charge in [-0.3, -0.25) is 4.90 Å². The van der Waals surface area contributed by atoms with Gasteiger partial charge in [-0.15, -0.1) is 0 Å². The average Bonchev–Trinajstić information content (AvgIpc) is 3.02. The van der Waals surface area contributed by atoms with E-state index >= 15 is 0 Å². The molecule has 1 unspecified atom stereocenters. The Morgan fingerprint density at radius 1 is 1.11 bits per heavy atom. The zero-order valence-electron chi connectivity index (χ0n) is 11.3. The fourth-order valence-corrected chi connectivity index (χ4v) is 2.15. The van der Waals surface area contributed by atoms with E-state index in [1.54, 1.807) is 12.5 Å². The third-order valence-electron chi connectivity index (χ3n) is 3.01. The molecule has 2 aromatic rings. The maximum Gasteiger partial charge on any atom is 0.117 e. The van der Waals surface area contributed by atoms with E-state index in [1.807, 2.05) is 24.3 Å². The van der Waals surface area contributed by atoms with Crippen LogP contribution in [0.15, 0.2) is 45.6 Å². The van der Waals surface area contributed by atoms with Gasteiger partial charge in [0, 0.05) is 6.54 Å². The highest BCUT2D eigenvalue weighted by molar-refractivity contribution is 5.01. The highest BCUT2D eigenvalue weighted by Crippen LogP contribution is 2.12. The second-order valence-corrected chi connectivity index (χ2v) is 4.77. The Kier molecular flexibility index (Phi) is 5.24.